The van der Waals surface area contributed by atoms with Gasteiger partial charge in [0.15, 0.2) is 5.78 Å². The average molecular weight is 517 g/mol. The molecule has 0 aromatic rings. The molecule has 0 radical (unpaired) electrons. The Labute approximate surface area is 220 Å². The Morgan fingerprint density at radius 2 is 1.06 bits per heavy atom. The Morgan fingerprint density at radius 3 is 1.46 bits per heavy atom. The quantitative estimate of drug-likeness (QED) is 0.0538. The predicted molar refractivity (Wildman–Crippen MR) is 155 cm³/mol. The maximum absolute atomic E-state index is 12.7. The van der Waals surface area contributed by atoms with E-state index in [0.29, 0.717) is 17.5 Å². The molecule has 0 rings (SSSR count). The van der Waals surface area contributed by atoms with Crippen molar-refractivity contribution in [2.45, 2.75) is 154 Å². The zero-order valence-corrected chi connectivity index (χ0v) is 25.3. The monoisotopic (exact) mass is 516 g/mol. The zero-order valence-electron chi connectivity index (χ0n) is 24.4. The fourth-order valence-electron chi connectivity index (χ4n) is 4.76. The minimum atomic E-state index is -3.58. The smallest absolute Gasteiger partial charge is 0.320 e. The predicted octanol–water partition coefficient (Wildman–Crippen LogP) is 10.0. The lowest BCUT2D eigenvalue weighted by atomic mass is 10.0. The molecule has 0 heterocycles. The molecule has 0 amide bonds. The highest BCUT2D eigenvalue weighted by atomic mass is 31.2. The van der Waals surface area contributed by atoms with Crippen LogP contribution in [0.25, 0.3) is 0 Å². The standard InChI is InChI=1S/C30H62NO3P/c1-6-8-9-10-11-12-13-14-15-16-17-18-19-20-21-22-23-24-25-26-27-29-34-35(32,33)30(28-7-2)31(3,4)5/h21-22,30H,6-20,23-29H2,1-5H3/p+1. The van der Waals surface area contributed by atoms with Crippen LogP contribution >= 0.6 is 7.60 Å². The van der Waals surface area contributed by atoms with Crippen molar-refractivity contribution >= 4 is 7.60 Å². The number of allylic oxidation sites excluding steroid dienone is 2. The molecule has 0 aliphatic rings. The molecule has 210 valence electrons. The molecule has 4 nitrogen and oxygen atoms in total. The molecule has 0 spiro atoms. The first kappa shape index (κ1) is 34.9. The van der Waals surface area contributed by atoms with Crippen LogP contribution in [0.5, 0.6) is 0 Å². The molecular weight excluding hydrogens is 453 g/mol. The van der Waals surface area contributed by atoms with Crippen molar-refractivity contribution in [2.75, 3.05) is 27.7 Å². The maximum atomic E-state index is 12.7. The van der Waals surface area contributed by atoms with Crippen molar-refractivity contribution in [3.05, 3.63) is 12.2 Å². The normalized spacial score (nSPS) is 15.0. The first-order valence-corrected chi connectivity index (χ1v) is 16.8. The van der Waals surface area contributed by atoms with Crippen LogP contribution in [0.2, 0.25) is 0 Å². The third-order valence-electron chi connectivity index (χ3n) is 7.00. The van der Waals surface area contributed by atoms with Gasteiger partial charge >= 0.3 is 7.60 Å². The maximum Gasteiger partial charge on any atom is 0.385 e. The molecule has 2 unspecified atom stereocenters. The summed E-state index contributed by atoms with van der Waals surface area (Å²) in [4.78, 5) is 10.4. The average Bonchev–Trinajstić information content (AvgIpc) is 2.80. The summed E-state index contributed by atoms with van der Waals surface area (Å²) in [6.07, 6.45) is 31.4. The summed E-state index contributed by atoms with van der Waals surface area (Å²) in [5, 5.41) is 0. The van der Waals surface area contributed by atoms with Crippen LogP contribution in [0.4, 0.5) is 0 Å². The molecular formula is C30H63NO3P+. The van der Waals surface area contributed by atoms with Crippen molar-refractivity contribution in [1.29, 1.82) is 0 Å². The summed E-state index contributed by atoms with van der Waals surface area (Å²) >= 11 is 0. The molecule has 0 saturated heterocycles. The van der Waals surface area contributed by atoms with Crippen molar-refractivity contribution in [1.82, 2.24) is 0 Å². The van der Waals surface area contributed by atoms with Crippen LogP contribution in [0.3, 0.4) is 0 Å². The van der Waals surface area contributed by atoms with E-state index in [-0.39, 0.29) is 5.78 Å². The highest BCUT2D eigenvalue weighted by Crippen LogP contribution is 2.51. The van der Waals surface area contributed by atoms with Gasteiger partial charge < -0.3 is 13.9 Å². The Balaban J connectivity index is 3.49. The summed E-state index contributed by atoms with van der Waals surface area (Å²) in [5.74, 6) is -0.340. The topological polar surface area (TPSA) is 46.5 Å². The van der Waals surface area contributed by atoms with Gasteiger partial charge in [-0.15, -0.1) is 0 Å². The Hall–Kier alpha value is -0.150. The Morgan fingerprint density at radius 1 is 0.657 bits per heavy atom. The Bertz CT molecular complexity index is 530. The second-order valence-corrected chi connectivity index (χ2v) is 13.5. The molecule has 1 N–H and O–H groups in total. The molecule has 0 aromatic heterocycles. The van der Waals surface area contributed by atoms with Gasteiger partial charge in [0.05, 0.1) is 27.7 Å². The second-order valence-electron chi connectivity index (χ2n) is 11.5. The lowest BCUT2D eigenvalue weighted by molar-refractivity contribution is -0.883. The van der Waals surface area contributed by atoms with Crippen LogP contribution < -0.4 is 0 Å². The largest absolute Gasteiger partial charge is 0.385 e. The number of quaternary nitrogens is 1. The van der Waals surface area contributed by atoms with E-state index in [1.54, 1.807) is 0 Å². The summed E-state index contributed by atoms with van der Waals surface area (Å²) in [7, 11) is 2.34. The summed E-state index contributed by atoms with van der Waals surface area (Å²) in [6, 6.07) is 0. The first-order valence-electron chi connectivity index (χ1n) is 15.2. The third-order valence-corrected chi connectivity index (χ3v) is 9.26. The summed E-state index contributed by atoms with van der Waals surface area (Å²) < 4.78 is 18.6. The van der Waals surface area contributed by atoms with E-state index in [2.05, 4.69) is 26.0 Å². The highest BCUT2D eigenvalue weighted by molar-refractivity contribution is 7.53. The van der Waals surface area contributed by atoms with E-state index in [4.69, 9.17) is 4.52 Å². The Kier molecular flexibility index (Phi) is 22.9. The number of unbranched alkanes of at least 4 members (excludes halogenated alkanes) is 17. The molecule has 5 heteroatoms. The number of hydrogen-bond acceptors (Lipinski definition) is 2. The minimum Gasteiger partial charge on any atom is -0.320 e. The van der Waals surface area contributed by atoms with Gasteiger partial charge in [0.1, 0.15) is 0 Å². The number of rotatable bonds is 26. The van der Waals surface area contributed by atoms with Crippen molar-refractivity contribution < 1.29 is 18.5 Å². The van der Waals surface area contributed by atoms with Gasteiger partial charge in [0.2, 0.25) is 0 Å². The SMILES string of the molecule is CCCCCCCCCCCCCCCC=CCCCCCCOP(=O)(O)C(CCC)[N+](C)(C)C. The second kappa shape index (κ2) is 23.0. The van der Waals surface area contributed by atoms with Gasteiger partial charge in [-0.2, -0.15) is 0 Å². The van der Waals surface area contributed by atoms with Gasteiger partial charge in [-0.25, -0.2) is 0 Å². The van der Waals surface area contributed by atoms with Crippen LogP contribution in [0, 0.1) is 0 Å². The van der Waals surface area contributed by atoms with E-state index in [1.807, 2.05) is 21.1 Å². The molecule has 0 saturated carbocycles. The van der Waals surface area contributed by atoms with Gasteiger partial charge in [-0.3, -0.25) is 4.57 Å². The fraction of sp³-hybridized carbons (Fsp3) is 0.933. The zero-order chi connectivity index (χ0) is 26.3. The molecule has 2 atom stereocenters. The number of hydrogen-bond donors (Lipinski definition) is 1. The van der Waals surface area contributed by atoms with Crippen molar-refractivity contribution in [2.24, 2.45) is 0 Å². The fourth-order valence-corrected chi connectivity index (χ4v) is 6.78. The molecule has 0 aliphatic carbocycles. The molecule has 0 fully saturated rings. The lowest BCUT2D eigenvalue weighted by Gasteiger charge is -2.35. The van der Waals surface area contributed by atoms with E-state index in [0.717, 1.165) is 32.1 Å². The number of nitrogens with zero attached hydrogens (tertiary/aromatic N) is 1. The van der Waals surface area contributed by atoms with E-state index in [1.165, 1.54) is 96.3 Å². The van der Waals surface area contributed by atoms with Gasteiger partial charge in [-0.1, -0.05) is 116 Å². The van der Waals surface area contributed by atoms with Crippen molar-refractivity contribution in [3.8, 4) is 0 Å². The molecule has 0 aromatic carbocycles. The third kappa shape index (κ3) is 21.6. The van der Waals surface area contributed by atoms with Gasteiger partial charge in [0.25, 0.3) is 0 Å². The van der Waals surface area contributed by atoms with Crippen LogP contribution in [-0.4, -0.2) is 42.9 Å². The summed E-state index contributed by atoms with van der Waals surface area (Å²) in [6.45, 7) is 4.73. The van der Waals surface area contributed by atoms with Crippen molar-refractivity contribution in [3.63, 3.8) is 0 Å². The molecule has 0 aliphatic heterocycles. The van der Waals surface area contributed by atoms with Crippen LogP contribution in [0.1, 0.15) is 149 Å². The highest BCUT2D eigenvalue weighted by Gasteiger charge is 2.41. The van der Waals surface area contributed by atoms with E-state index in [9.17, 15) is 9.46 Å². The lowest BCUT2D eigenvalue weighted by Crippen LogP contribution is -2.45. The molecule has 0 bridgehead atoms. The first-order chi connectivity index (χ1) is 16.8. The minimum absolute atomic E-state index is 0.340. The van der Waals surface area contributed by atoms with E-state index >= 15 is 0 Å². The molecule has 35 heavy (non-hydrogen) atoms. The van der Waals surface area contributed by atoms with Gasteiger partial charge in [0, 0.05) is 6.42 Å². The van der Waals surface area contributed by atoms with Gasteiger partial charge in [-0.05, 0) is 38.5 Å². The summed E-state index contributed by atoms with van der Waals surface area (Å²) in [5.41, 5.74) is 0. The van der Waals surface area contributed by atoms with Crippen LogP contribution in [-0.2, 0) is 9.09 Å². The van der Waals surface area contributed by atoms with Crippen LogP contribution in [0.15, 0.2) is 12.2 Å². The van der Waals surface area contributed by atoms with E-state index < -0.39 is 7.60 Å².